The summed E-state index contributed by atoms with van der Waals surface area (Å²) in [6.45, 7) is 4.16. The van der Waals surface area contributed by atoms with E-state index in [9.17, 15) is 0 Å². The van der Waals surface area contributed by atoms with Crippen LogP contribution in [0.2, 0.25) is 0 Å². The van der Waals surface area contributed by atoms with Crippen molar-refractivity contribution in [1.29, 1.82) is 0 Å². The van der Waals surface area contributed by atoms with E-state index in [0.29, 0.717) is 12.1 Å². The molecule has 3 rings (SSSR count). The third kappa shape index (κ3) is 1.17. The van der Waals surface area contributed by atoms with Crippen molar-refractivity contribution in [2.45, 2.75) is 12.1 Å². The standard InChI is InChI=1S/C7H14N2O/c1-9-3-6-5-10-7(4-9)2-8-6/h6-8H,2-5H2,1H3. The number of fused-ring (bicyclic) bond motifs is 4. The summed E-state index contributed by atoms with van der Waals surface area (Å²) in [6.07, 6.45) is 0.434. The van der Waals surface area contributed by atoms with Crippen molar-refractivity contribution in [3.63, 3.8) is 0 Å². The van der Waals surface area contributed by atoms with Gasteiger partial charge in [0.2, 0.25) is 0 Å². The van der Waals surface area contributed by atoms with Gasteiger partial charge in [0.15, 0.2) is 0 Å². The predicted molar refractivity (Wildman–Crippen MR) is 39.0 cm³/mol. The number of hydrogen-bond donors (Lipinski definition) is 1. The molecule has 0 aromatic carbocycles. The molecule has 2 atom stereocenters. The minimum absolute atomic E-state index is 0.434. The topological polar surface area (TPSA) is 24.5 Å². The van der Waals surface area contributed by atoms with Crippen LogP contribution >= 0.6 is 0 Å². The third-order valence-electron chi connectivity index (χ3n) is 2.21. The molecule has 0 aromatic rings. The average Bonchev–Trinajstić information content (AvgIpc) is 2.17. The molecule has 2 bridgehead atoms. The van der Waals surface area contributed by atoms with Gasteiger partial charge < -0.3 is 15.0 Å². The Morgan fingerprint density at radius 3 is 3.10 bits per heavy atom. The van der Waals surface area contributed by atoms with Crippen molar-refractivity contribution in [2.24, 2.45) is 0 Å². The van der Waals surface area contributed by atoms with Gasteiger partial charge in [-0.15, -0.1) is 0 Å². The van der Waals surface area contributed by atoms with E-state index in [4.69, 9.17) is 4.74 Å². The molecule has 0 saturated carbocycles. The molecule has 0 spiro atoms. The quantitative estimate of drug-likeness (QED) is 0.483. The Bertz CT molecular complexity index is 107. The van der Waals surface area contributed by atoms with Crippen LogP contribution in [0.4, 0.5) is 0 Å². The third-order valence-corrected chi connectivity index (χ3v) is 2.21. The van der Waals surface area contributed by atoms with Crippen LogP contribution in [0.15, 0.2) is 0 Å². The van der Waals surface area contributed by atoms with Crippen LogP contribution in [-0.2, 0) is 4.74 Å². The van der Waals surface area contributed by atoms with E-state index >= 15 is 0 Å². The average molecular weight is 142 g/mol. The summed E-state index contributed by atoms with van der Waals surface area (Å²) in [4.78, 5) is 2.34. The van der Waals surface area contributed by atoms with Gasteiger partial charge in [-0.05, 0) is 7.05 Å². The Morgan fingerprint density at radius 1 is 1.50 bits per heavy atom. The zero-order valence-electron chi connectivity index (χ0n) is 6.34. The van der Waals surface area contributed by atoms with E-state index in [1.165, 1.54) is 0 Å². The van der Waals surface area contributed by atoms with Gasteiger partial charge in [0.05, 0.1) is 12.7 Å². The molecule has 10 heavy (non-hydrogen) atoms. The second-order valence-corrected chi connectivity index (χ2v) is 3.28. The molecule has 0 radical (unpaired) electrons. The molecule has 58 valence electrons. The van der Waals surface area contributed by atoms with Gasteiger partial charge in [-0.2, -0.15) is 0 Å². The van der Waals surface area contributed by atoms with E-state index in [1.54, 1.807) is 0 Å². The number of ether oxygens (including phenoxy) is 1. The zero-order chi connectivity index (χ0) is 6.97. The van der Waals surface area contributed by atoms with Gasteiger partial charge in [0.25, 0.3) is 0 Å². The van der Waals surface area contributed by atoms with E-state index in [0.717, 1.165) is 26.2 Å². The summed E-state index contributed by atoms with van der Waals surface area (Å²) in [5.74, 6) is 0. The number of likely N-dealkylation sites (N-methyl/N-ethyl adjacent to an activating group) is 1. The molecule has 3 fully saturated rings. The largest absolute Gasteiger partial charge is 0.374 e. The highest BCUT2D eigenvalue weighted by molar-refractivity contribution is 4.84. The fourth-order valence-electron chi connectivity index (χ4n) is 1.70. The number of nitrogens with zero attached hydrogens (tertiary/aromatic N) is 1. The first-order valence-corrected chi connectivity index (χ1v) is 3.88. The molecule has 3 aliphatic rings. The lowest BCUT2D eigenvalue weighted by Gasteiger charge is -2.24. The van der Waals surface area contributed by atoms with E-state index in [2.05, 4.69) is 17.3 Å². The molecule has 1 N–H and O–H groups in total. The number of rotatable bonds is 0. The molecule has 0 amide bonds. The number of hydrogen-bond acceptors (Lipinski definition) is 3. The summed E-state index contributed by atoms with van der Waals surface area (Å²) in [6, 6.07) is 0.573. The molecule has 3 heteroatoms. The fraction of sp³-hybridized carbons (Fsp3) is 1.00. The van der Waals surface area contributed by atoms with E-state index in [-0.39, 0.29) is 0 Å². The van der Waals surface area contributed by atoms with Gasteiger partial charge in [-0.3, -0.25) is 0 Å². The number of nitrogens with one attached hydrogen (secondary N) is 1. The van der Waals surface area contributed by atoms with Crippen LogP contribution in [0.1, 0.15) is 0 Å². The monoisotopic (exact) mass is 142 g/mol. The van der Waals surface area contributed by atoms with Gasteiger partial charge in [0.1, 0.15) is 0 Å². The van der Waals surface area contributed by atoms with Crippen molar-refractivity contribution in [3.05, 3.63) is 0 Å². The highest BCUT2D eigenvalue weighted by Gasteiger charge is 2.27. The maximum absolute atomic E-state index is 5.57. The maximum atomic E-state index is 5.57. The van der Waals surface area contributed by atoms with Crippen LogP contribution in [0, 0.1) is 0 Å². The molecular weight excluding hydrogens is 128 g/mol. The Morgan fingerprint density at radius 2 is 2.40 bits per heavy atom. The number of morpholine rings is 1. The van der Waals surface area contributed by atoms with E-state index < -0.39 is 0 Å². The molecule has 3 heterocycles. The molecule has 2 unspecified atom stereocenters. The summed E-state index contributed by atoms with van der Waals surface area (Å²) < 4.78 is 5.57. The second-order valence-electron chi connectivity index (χ2n) is 3.28. The molecule has 3 saturated heterocycles. The summed E-state index contributed by atoms with van der Waals surface area (Å²) in [7, 11) is 2.15. The fourth-order valence-corrected chi connectivity index (χ4v) is 1.70. The molecular formula is C7H14N2O. The van der Waals surface area contributed by atoms with Crippen molar-refractivity contribution < 1.29 is 4.74 Å². The first kappa shape index (κ1) is 6.58. The first-order valence-electron chi connectivity index (χ1n) is 3.88. The second kappa shape index (κ2) is 2.49. The Kier molecular flexibility index (Phi) is 1.64. The Labute approximate surface area is 61.3 Å². The molecule has 0 aromatic heterocycles. The van der Waals surface area contributed by atoms with Crippen LogP contribution in [0.5, 0.6) is 0 Å². The maximum Gasteiger partial charge on any atom is 0.0826 e. The molecule has 3 nitrogen and oxygen atoms in total. The van der Waals surface area contributed by atoms with Crippen molar-refractivity contribution >= 4 is 0 Å². The summed E-state index contributed by atoms with van der Waals surface area (Å²) in [5, 5.41) is 3.44. The molecule has 0 aliphatic carbocycles. The summed E-state index contributed by atoms with van der Waals surface area (Å²) in [5.41, 5.74) is 0. The van der Waals surface area contributed by atoms with Gasteiger partial charge >= 0.3 is 0 Å². The molecule has 3 aliphatic heterocycles. The lowest BCUT2D eigenvalue weighted by molar-refractivity contribution is 0.0220. The normalized spacial score (nSPS) is 41.7. The van der Waals surface area contributed by atoms with Gasteiger partial charge in [-0.25, -0.2) is 0 Å². The van der Waals surface area contributed by atoms with Crippen LogP contribution in [-0.4, -0.2) is 50.3 Å². The SMILES string of the molecule is CN1CC2COC(CN2)C1. The van der Waals surface area contributed by atoms with E-state index in [1.807, 2.05) is 0 Å². The van der Waals surface area contributed by atoms with Crippen molar-refractivity contribution in [1.82, 2.24) is 10.2 Å². The van der Waals surface area contributed by atoms with Crippen LogP contribution < -0.4 is 5.32 Å². The predicted octanol–water partition coefficient (Wildman–Crippen LogP) is -0.711. The zero-order valence-corrected chi connectivity index (χ0v) is 6.34. The Hall–Kier alpha value is -0.120. The van der Waals surface area contributed by atoms with Crippen molar-refractivity contribution in [3.8, 4) is 0 Å². The minimum Gasteiger partial charge on any atom is -0.374 e. The summed E-state index contributed by atoms with van der Waals surface area (Å²) >= 11 is 0. The lowest BCUT2D eigenvalue weighted by Crippen LogP contribution is -2.45. The highest BCUT2D eigenvalue weighted by Crippen LogP contribution is 2.08. The minimum atomic E-state index is 0.434. The van der Waals surface area contributed by atoms with Crippen LogP contribution in [0.3, 0.4) is 0 Å². The Balaban J connectivity index is 2.05. The van der Waals surface area contributed by atoms with Crippen LogP contribution in [0.25, 0.3) is 0 Å². The van der Waals surface area contributed by atoms with Gasteiger partial charge in [-0.1, -0.05) is 0 Å². The van der Waals surface area contributed by atoms with Gasteiger partial charge in [0, 0.05) is 25.7 Å². The highest BCUT2D eigenvalue weighted by atomic mass is 16.5. The van der Waals surface area contributed by atoms with Crippen molar-refractivity contribution in [2.75, 3.05) is 33.3 Å². The first-order chi connectivity index (χ1) is 4.84. The lowest BCUT2D eigenvalue weighted by atomic mass is 10.2. The smallest absolute Gasteiger partial charge is 0.0826 e.